The first kappa shape index (κ1) is 26.1. The number of unbranched alkanes of at least 4 members (excludes halogenated alkanes) is 1. The Kier molecular flexibility index (Phi) is 9.26. The Hall–Kier alpha value is -3.02. The lowest BCUT2D eigenvalue weighted by Gasteiger charge is -2.36. The maximum absolute atomic E-state index is 12.7. The molecule has 0 aromatic heterocycles. The predicted octanol–water partition coefficient (Wildman–Crippen LogP) is 6.58. The molecular weight excluding hydrogens is 448 g/mol. The van der Waals surface area contributed by atoms with Crippen molar-refractivity contribution in [2.24, 2.45) is 0 Å². The molecule has 2 fully saturated rings. The molecule has 6 heteroatoms. The molecular formula is C30H42N4O2. The molecule has 0 unspecified atom stereocenters. The molecule has 194 valence electrons. The van der Waals surface area contributed by atoms with E-state index in [0.29, 0.717) is 37.8 Å². The second kappa shape index (κ2) is 12.8. The SMILES string of the molecule is C[C@@H]1CCCCN1c1ccccc1NC(=O)CCCCC(=O)Nc1ccccc1N1CCCC[C@@H]1C. The Morgan fingerprint density at radius 1 is 0.694 bits per heavy atom. The van der Waals surface area contributed by atoms with Crippen LogP contribution in [0.4, 0.5) is 22.7 Å². The van der Waals surface area contributed by atoms with Crippen molar-refractivity contribution in [2.75, 3.05) is 33.5 Å². The molecule has 2 heterocycles. The van der Waals surface area contributed by atoms with E-state index in [-0.39, 0.29) is 11.8 Å². The van der Waals surface area contributed by atoms with Crippen molar-refractivity contribution in [2.45, 2.75) is 90.1 Å². The van der Waals surface area contributed by atoms with Crippen molar-refractivity contribution in [1.82, 2.24) is 0 Å². The number of nitrogens with one attached hydrogen (secondary N) is 2. The van der Waals surface area contributed by atoms with Gasteiger partial charge in [0.1, 0.15) is 0 Å². The van der Waals surface area contributed by atoms with Crippen LogP contribution < -0.4 is 20.4 Å². The Morgan fingerprint density at radius 3 is 1.53 bits per heavy atom. The number of nitrogens with zero attached hydrogens (tertiary/aromatic N) is 2. The summed E-state index contributed by atoms with van der Waals surface area (Å²) >= 11 is 0. The van der Waals surface area contributed by atoms with Crippen molar-refractivity contribution < 1.29 is 9.59 Å². The van der Waals surface area contributed by atoms with E-state index >= 15 is 0 Å². The molecule has 2 saturated heterocycles. The van der Waals surface area contributed by atoms with Gasteiger partial charge in [0, 0.05) is 38.0 Å². The van der Waals surface area contributed by atoms with Gasteiger partial charge in [-0.2, -0.15) is 0 Å². The van der Waals surface area contributed by atoms with Gasteiger partial charge in [-0.3, -0.25) is 9.59 Å². The van der Waals surface area contributed by atoms with E-state index in [2.05, 4.69) is 46.4 Å². The number of hydrogen-bond donors (Lipinski definition) is 2. The number of hydrogen-bond acceptors (Lipinski definition) is 4. The van der Waals surface area contributed by atoms with E-state index in [1.807, 2.05) is 36.4 Å². The average molecular weight is 491 g/mol. The third kappa shape index (κ3) is 6.80. The summed E-state index contributed by atoms with van der Waals surface area (Å²) in [7, 11) is 0. The minimum atomic E-state index is 0.0111. The molecule has 2 aliphatic heterocycles. The zero-order valence-electron chi connectivity index (χ0n) is 22.0. The second-order valence-corrected chi connectivity index (χ2v) is 10.4. The van der Waals surface area contributed by atoms with Crippen molar-refractivity contribution in [3.63, 3.8) is 0 Å². The first-order valence-corrected chi connectivity index (χ1v) is 13.8. The highest BCUT2D eigenvalue weighted by molar-refractivity contribution is 5.95. The minimum absolute atomic E-state index is 0.0111. The number of amides is 2. The largest absolute Gasteiger partial charge is 0.367 e. The molecule has 0 radical (unpaired) electrons. The molecule has 0 bridgehead atoms. The fourth-order valence-electron chi connectivity index (χ4n) is 5.57. The van der Waals surface area contributed by atoms with E-state index in [1.54, 1.807) is 0 Å². The van der Waals surface area contributed by atoms with E-state index < -0.39 is 0 Å². The average Bonchev–Trinajstić information content (AvgIpc) is 2.88. The zero-order chi connectivity index (χ0) is 25.3. The Labute approximate surface area is 216 Å². The summed E-state index contributed by atoms with van der Waals surface area (Å²) in [4.78, 5) is 30.2. The van der Waals surface area contributed by atoms with Crippen molar-refractivity contribution in [1.29, 1.82) is 0 Å². The maximum Gasteiger partial charge on any atom is 0.224 e. The monoisotopic (exact) mass is 490 g/mol. The van der Waals surface area contributed by atoms with Crippen molar-refractivity contribution in [3.05, 3.63) is 48.5 Å². The lowest BCUT2D eigenvalue weighted by molar-refractivity contribution is -0.118. The number of carbonyl (C=O) groups is 2. The molecule has 0 spiro atoms. The standard InChI is InChI=1S/C30H42N4O2/c1-23-13-9-11-21-33(23)27-17-5-3-15-25(27)31-29(35)19-7-8-20-30(36)32-26-16-4-6-18-28(26)34-22-12-10-14-24(34)2/h3-6,15-18,23-24H,7-14,19-22H2,1-2H3,(H,31,35)(H,32,36)/t23-,24+. The lowest BCUT2D eigenvalue weighted by atomic mass is 10.0. The predicted molar refractivity (Wildman–Crippen MR) is 150 cm³/mol. The smallest absolute Gasteiger partial charge is 0.224 e. The molecule has 2 aliphatic rings. The molecule has 36 heavy (non-hydrogen) atoms. The van der Waals surface area contributed by atoms with Crippen LogP contribution in [0.3, 0.4) is 0 Å². The number of benzene rings is 2. The van der Waals surface area contributed by atoms with Gasteiger partial charge in [-0.25, -0.2) is 0 Å². The van der Waals surface area contributed by atoms with Crippen LogP contribution >= 0.6 is 0 Å². The summed E-state index contributed by atoms with van der Waals surface area (Å²) in [5.41, 5.74) is 3.99. The van der Waals surface area contributed by atoms with Gasteiger partial charge in [0.2, 0.25) is 11.8 Å². The molecule has 2 aromatic rings. The number of piperidine rings is 2. The summed E-state index contributed by atoms with van der Waals surface area (Å²) in [6, 6.07) is 17.2. The number of para-hydroxylation sites is 4. The molecule has 2 N–H and O–H groups in total. The molecule has 0 aliphatic carbocycles. The normalized spacial score (nSPS) is 20.2. The van der Waals surface area contributed by atoms with E-state index in [4.69, 9.17) is 0 Å². The van der Waals surface area contributed by atoms with Gasteiger partial charge < -0.3 is 20.4 Å². The quantitative estimate of drug-likeness (QED) is 0.390. The molecule has 4 rings (SSSR count). The number of rotatable bonds is 9. The molecule has 2 atom stereocenters. The van der Waals surface area contributed by atoms with Crippen LogP contribution in [0, 0.1) is 0 Å². The van der Waals surface area contributed by atoms with Crippen LogP contribution in [0.25, 0.3) is 0 Å². The lowest BCUT2D eigenvalue weighted by Crippen LogP contribution is -2.38. The van der Waals surface area contributed by atoms with Gasteiger partial charge in [-0.15, -0.1) is 0 Å². The van der Waals surface area contributed by atoms with Crippen molar-refractivity contribution in [3.8, 4) is 0 Å². The highest BCUT2D eigenvalue weighted by Crippen LogP contribution is 2.32. The van der Waals surface area contributed by atoms with E-state index in [9.17, 15) is 9.59 Å². The highest BCUT2D eigenvalue weighted by atomic mass is 16.2. The van der Waals surface area contributed by atoms with Gasteiger partial charge >= 0.3 is 0 Å². The molecule has 2 aromatic carbocycles. The summed E-state index contributed by atoms with van der Waals surface area (Å²) in [5, 5.41) is 6.24. The molecule has 2 amide bonds. The van der Waals surface area contributed by atoms with Crippen molar-refractivity contribution >= 4 is 34.6 Å². The van der Waals surface area contributed by atoms with E-state index in [0.717, 1.165) is 35.8 Å². The van der Waals surface area contributed by atoms with Gasteiger partial charge in [0.25, 0.3) is 0 Å². The second-order valence-electron chi connectivity index (χ2n) is 10.4. The van der Waals surface area contributed by atoms with Crippen LogP contribution in [0.2, 0.25) is 0 Å². The topological polar surface area (TPSA) is 64.7 Å². The summed E-state index contributed by atoms with van der Waals surface area (Å²) < 4.78 is 0. The summed E-state index contributed by atoms with van der Waals surface area (Å²) in [5.74, 6) is 0.0221. The van der Waals surface area contributed by atoms with E-state index in [1.165, 1.54) is 38.5 Å². The van der Waals surface area contributed by atoms with Gasteiger partial charge in [0.15, 0.2) is 0 Å². The van der Waals surface area contributed by atoms with Gasteiger partial charge in [-0.05, 0) is 89.5 Å². The Balaban J connectivity index is 1.24. The number of anilines is 4. The minimum Gasteiger partial charge on any atom is -0.367 e. The first-order chi connectivity index (χ1) is 17.5. The first-order valence-electron chi connectivity index (χ1n) is 13.8. The molecule has 6 nitrogen and oxygen atoms in total. The van der Waals surface area contributed by atoms with Gasteiger partial charge in [-0.1, -0.05) is 24.3 Å². The molecule has 0 saturated carbocycles. The van der Waals surface area contributed by atoms with Crippen LogP contribution in [-0.4, -0.2) is 37.0 Å². The van der Waals surface area contributed by atoms with Crippen LogP contribution in [0.5, 0.6) is 0 Å². The fourth-order valence-corrected chi connectivity index (χ4v) is 5.57. The number of carbonyl (C=O) groups excluding carboxylic acids is 2. The maximum atomic E-state index is 12.7. The van der Waals surface area contributed by atoms with Crippen LogP contribution in [0.1, 0.15) is 78.1 Å². The highest BCUT2D eigenvalue weighted by Gasteiger charge is 2.22. The van der Waals surface area contributed by atoms with Gasteiger partial charge in [0.05, 0.1) is 22.7 Å². The van der Waals surface area contributed by atoms with Crippen LogP contribution in [-0.2, 0) is 9.59 Å². The third-order valence-electron chi connectivity index (χ3n) is 7.64. The zero-order valence-corrected chi connectivity index (χ0v) is 22.0. The summed E-state index contributed by atoms with van der Waals surface area (Å²) in [6.07, 6.45) is 9.49. The summed E-state index contributed by atoms with van der Waals surface area (Å²) in [6.45, 7) is 6.58. The fraction of sp³-hybridized carbons (Fsp3) is 0.533. The Morgan fingerprint density at radius 2 is 1.11 bits per heavy atom. The Bertz CT molecular complexity index is 942. The third-order valence-corrected chi connectivity index (χ3v) is 7.64. The van der Waals surface area contributed by atoms with Crippen LogP contribution in [0.15, 0.2) is 48.5 Å².